The molecule has 0 aromatic carbocycles. The van der Waals surface area contributed by atoms with Gasteiger partial charge >= 0.3 is 0 Å². The summed E-state index contributed by atoms with van der Waals surface area (Å²) in [6.07, 6.45) is 2.13. The quantitative estimate of drug-likeness (QED) is 0.320. The second-order valence-corrected chi connectivity index (χ2v) is 7.11. The van der Waals surface area contributed by atoms with Crippen LogP contribution in [-0.2, 0) is 6.54 Å². The van der Waals surface area contributed by atoms with Gasteiger partial charge in [-0.1, -0.05) is 0 Å². The zero-order chi connectivity index (χ0) is 18.4. The van der Waals surface area contributed by atoms with Crippen LogP contribution < -0.4 is 21.3 Å². The number of primary amides is 1. The van der Waals surface area contributed by atoms with Crippen molar-refractivity contribution < 1.29 is 9.21 Å². The molecule has 9 heteroatoms. The highest BCUT2D eigenvalue weighted by Gasteiger charge is 2.20. The molecule has 3 rings (SSSR count). The van der Waals surface area contributed by atoms with Gasteiger partial charge in [-0.25, -0.2) is 4.99 Å². The Kier molecular flexibility index (Phi) is 8.42. The lowest BCUT2D eigenvalue weighted by Gasteiger charge is -2.33. The van der Waals surface area contributed by atoms with E-state index in [0.717, 1.165) is 38.4 Å². The van der Waals surface area contributed by atoms with Gasteiger partial charge in [0.25, 0.3) is 5.91 Å². The fraction of sp³-hybridized carbons (Fsp3) is 0.444. The van der Waals surface area contributed by atoms with Crippen LogP contribution in [0.25, 0.3) is 0 Å². The molecule has 7 nitrogen and oxygen atoms in total. The minimum Gasteiger partial charge on any atom is -0.454 e. The van der Waals surface area contributed by atoms with E-state index in [1.54, 1.807) is 23.5 Å². The number of hydrogen-bond acceptors (Lipinski definition) is 5. The van der Waals surface area contributed by atoms with Crippen LogP contribution in [-0.4, -0.2) is 37.5 Å². The first-order valence-electron chi connectivity index (χ1n) is 8.87. The molecule has 1 fully saturated rings. The number of furan rings is 1. The molecule has 1 aliphatic heterocycles. The average Bonchev–Trinajstić information content (AvgIpc) is 3.32. The van der Waals surface area contributed by atoms with Gasteiger partial charge in [0.15, 0.2) is 11.7 Å². The van der Waals surface area contributed by atoms with E-state index in [0.29, 0.717) is 18.3 Å². The molecule has 2 aromatic heterocycles. The highest BCUT2D eigenvalue weighted by Crippen LogP contribution is 2.24. The SMILES string of the molecule is CCNC(=NCc1ccc(C(N)=O)o1)NC1CCN(c2cccs2)CC1.I. The molecule has 0 bridgehead atoms. The Balaban J connectivity index is 0.00000261. The Bertz CT molecular complexity index is 739. The molecule has 0 spiro atoms. The maximum Gasteiger partial charge on any atom is 0.284 e. The summed E-state index contributed by atoms with van der Waals surface area (Å²) in [5, 5.41) is 10.2. The normalized spacial score (nSPS) is 15.3. The molecular formula is C18H26IN5O2S. The molecule has 148 valence electrons. The topological polar surface area (TPSA) is 95.9 Å². The Morgan fingerprint density at radius 3 is 2.74 bits per heavy atom. The zero-order valence-corrected chi connectivity index (χ0v) is 18.5. The molecule has 1 amide bonds. The number of nitrogens with zero attached hydrogens (tertiary/aromatic N) is 2. The zero-order valence-electron chi connectivity index (χ0n) is 15.3. The lowest BCUT2D eigenvalue weighted by atomic mass is 10.1. The number of guanidine groups is 1. The van der Waals surface area contributed by atoms with Crippen molar-refractivity contribution in [2.24, 2.45) is 10.7 Å². The largest absolute Gasteiger partial charge is 0.454 e. The number of nitrogens with two attached hydrogens (primary N) is 1. The van der Waals surface area contributed by atoms with Gasteiger partial charge in [-0.3, -0.25) is 4.79 Å². The Labute approximate surface area is 180 Å². The first-order chi connectivity index (χ1) is 12.7. The molecule has 1 aliphatic rings. The van der Waals surface area contributed by atoms with E-state index in [2.05, 4.69) is 38.0 Å². The van der Waals surface area contributed by atoms with Crippen LogP contribution in [0.15, 0.2) is 39.1 Å². The molecule has 0 saturated carbocycles. The fourth-order valence-corrected chi connectivity index (χ4v) is 3.75. The van der Waals surface area contributed by atoms with Crippen LogP contribution in [0.5, 0.6) is 0 Å². The van der Waals surface area contributed by atoms with Crippen molar-refractivity contribution in [3.8, 4) is 0 Å². The number of hydrogen-bond donors (Lipinski definition) is 3. The maximum absolute atomic E-state index is 11.1. The minimum atomic E-state index is -0.567. The van der Waals surface area contributed by atoms with Gasteiger partial charge in [0.05, 0.1) is 5.00 Å². The van der Waals surface area contributed by atoms with Crippen LogP contribution in [0.3, 0.4) is 0 Å². The third kappa shape index (κ3) is 6.13. The van der Waals surface area contributed by atoms with Gasteiger partial charge in [0.1, 0.15) is 12.3 Å². The first kappa shape index (κ1) is 21.5. The summed E-state index contributed by atoms with van der Waals surface area (Å²) in [6.45, 7) is 5.26. The highest BCUT2D eigenvalue weighted by atomic mass is 127. The van der Waals surface area contributed by atoms with E-state index in [-0.39, 0.29) is 29.7 Å². The van der Waals surface area contributed by atoms with Crippen LogP contribution in [0.1, 0.15) is 36.1 Å². The molecule has 4 N–H and O–H groups in total. The number of carbonyl (C=O) groups excluding carboxylic acids is 1. The molecule has 0 atom stereocenters. The second kappa shape index (κ2) is 10.5. The molecule has 0 aliphatic carbocycles. The van der Waals surface area contributed by atoms with E-state index >= 15 is 0 Å². The van der Waals surface area contributed by atoms with Gasteiger partial charge < -0.3 is 25.7 Å². The summed E-state index contributed by atoms with van der Waals surface area (Å²) < 4.78 is 5.38. The van der Waals surface area contributed by atoms with Gasteiger partial charge in [-0.05, 0) is 49.4 Å². The van der Waals surface area contributed by atoms with E-state index in [4.69, 9.17) is 10.2 Å². The van der Waals surface area contributed by atoms with E-state index in [1.165, 1.54) is 5.00 Å². The number of nitrogens with one attached hydrogen (secondary N) is 2. The van der Waals surface area contributed by atoms with Gasteiger partial charge in [0, 0.05) is 25.7 Å². The third-order valence-corrected chi connectivity index (χ3v) is 5.22. The third-order valence-electron chi connectivity index (χ3n) is 4.30. The molecule has 2 aromatic rings. The number of thiophene rings is 1. The monoisotopic (exact) mass is 503 g/mol. The summed E-state index contributed by atoms with van der Waals surface area (Å²) in [5.41, 5.74) is 5.20. The van der Waals surface area contributed by atoms with Crippen molar-refractivity contribution in [1.82, 2.24) is 10.6 Å². The summed E-state index contributed by atoms with van der Waals surface area (Å²) >= 11 is 1.79. The van der Waals surface area contributed by atoms with Gasteiger partial charge in [0.2, 0.25) is 0 Å². The van der Waals surface area contributed by atoms with Crippen molar-refractivity contribution in [3.05, 3.63) is 41.2 Å². The molecular weight excluding hydrogens is 477 g/mol. The Morgan fingerprint density at radius 2 is 2.15 bits per heavy atom. The second-order valence-electron chi connectivity index (χ2n) is 6.18. The number of rotatable bonds is 6. The summed E-state index contributed by atoms with van der Waals surface area (Å²) in [5.74, 6) is 0.972. The lowest BCUT2D eigenvalue weighted by Crippen LogP contribution is -2.48. The van der Waals surface area contributed by atoms with Gasteiger partial charge in [-0.15, -0.1) is 35.3 Å². The van der Waals surface area contributed by atoms with Crippen LogP contribution in [0, 0.1) is 0 Å². The maximum atomic E-state index is 11.1. The minimum absolute atomic E-state index is 0. The lowest BCUT2D eigenvalue weighted by molar-refractivity contribution is 0.0972. The number of carbonyl (C=O) groups is 1. The van der Waals surface area contributed by atoms with E-state index in [9.17, 15) is 4.79 Å². The van der Waals surface area contributed by atoms with E-state index in [1.807, 2.05) is 6.92 Å². The van der Waals surface area contributed by atoms with Crippen LogP contribution in [0.2, 0.25) is 0 Å². The molecule has 3 heterocycles. The van der Waals surface area contributed by atoms with Crippen molar-refractivity contribution in [2.75, 3.05) is 24.5 Å². The Hall–Kier alpha value is -1.75. The van der Waals surface area contributed by atoms with E-state index < -0.39 is 5.91 Å². The summed E-state index contributed by atoms with van der Waals surface area (Å²) in [7, 11) is 0. The first-order valence-corrected chi connectivity index (χ1v) is 9.75. The number of piperidine rings is 1. The summed E-state index contributed by atoms with van der Waals surface area (Å²) in [4.78, 5) is 18.1. The number of halogens is 1. The number of anilines is 1. The van der Waals surface area contributed by atoms with Crippen molar-refractivity contribution in [2.45, 2.75) is 32.4 Å². The highest BCUT2D eigenvalue weighted by molar-refractivity contribution is 14.0. The molecule has 27 heavy (non-hydrogen) atoms. The van der Waals surface area contributed by atoms with Crippen molar-refractivity contribution >= 4 is 52.2 Å². The van der Waals surface area contributed by atoms with Crippen molar-refractivity contribution in [3.63, 3.8) is 0 Å². The van der Waals surface area contributed by atoms with Crippen molar-refractivity contribution in [1.29, 1.82) is 0 Å². The standard InChI is InChI=1S/C18H25N5O2S.HI/c1-2-20-18(21-12-14-5-6-15(25-14)17(19)24)22-13-7-9-23(10-8-13)16-4-3-11-26-16;/h3-6,11,13H,2,7-10,12H2,1H3,(H2,19,24)(H2,20,21,22);1H. The predicted molar refractivity (Wildman–Crippen MR) is 120 cm³/mol. The molecule has 0 unspecified atom stereocenters. The smallest absolute Gasteiger partial charge is 0.284 e. The fourth-order valence-electron chi connectivity index (χ4n) is 2.96. The number of amides is 1. The number of aliphatic imine (C=N–C) groups is 1. The molecule has 0 radical (unpaired) electrons. The Morgan fingerprint density at radius 1 is 1.37 bits per heavy atom. The van der Waals surface area contributed by atoms with Gasteiger partial charge in [-0.2, -0.15) is 0 Å². The van der Waals surface area contributed by atoms with Crippen LogP contribution in [0.4, 0.5) is 5.00 Å². The molecule has 1 saturated heterocycles. The summed E-state index contributed by atoms with van der Waals surface area (Å²) in [6, 6.07) is 7.97. The average molecular weight is 503 g/mol. The predicted octanol–water partition coefficient (Wildman–Crippen LogP) is 2.78. The van der Waals surface area contributed by atoms with Crippen LogP contribution >= 0.6 is 35.3 Å².